The average Bonchev–Trinajstić information content (AvgIpc) is 3.25. The molecule has 25 heavy (non-hydrogen) atoms. The Labute approximate surface area is 156 Å². The lowest BCUT2D eigenvalue weighted by molar-refractivity contribution is 0.174. The molecule has 2 heterocycles. The third kappa shape index (κ3) is 3.08. The van der Waals surface area contributed by atoms with Crippen LogP contribution in [0.15, 0.2) is 41.3 Å². The van der Waals surface area contributed by atoms with E-state index in [-0.39, 0.29) is 22.6 Å². The van der Waals surface area contributed by atoms with Crippen LogP contribution in [0.1, 0.15) is 17.9 Å². The van der Waals surface area contributed by atoms with E-state index >= 15 is 0 Å². The fraction of sp³-hybridized carbons (Fsp3) is 0.294. The molecule has 2 aromatic rings. The number of nitrogens with zero attached hydrogens (tertiary/aromatic N) is 1. The molecule has 1 atom stereocenters. The minimum absolute atomic E-state index is 0.0491. The number of rotatable bonds is 3. The van der Waals surface area contributed by atoms with Crippen LogP contribution in [-0.2, 0) is 10.0 Å². The molecule has 0 unspecified atom stereocenters. The molecule has 4 rings (SSSR count). The second-order valence-corrected chi connectivity index (χ2v) is 8.79. The van der Waals surface area contributed by atoms with Gasteiger partial charge in [-0.2, -0.15) is 4.31 Å². The van der Waals surface area contributed by atoms with Crippen LogP contribution in [0, 0.1) is 0 Å². The van der Waals surface area contributed by atoms with Crippen molar-refractivity contribution < 1.29 is 17.9 Å². The average molecular weight is 400 g/mol. The van der Waals surface area contributed by atoms with Gasteiger partial charge >= 0.3 is 0 Å². The number of hydrogen-bond acceptors (Lipinski definition) is 4. The normalized spacial score (nSPS) is 20.2. The molecule has 2 aliphatic heterocycles. The lowest BCUT2D eigenvalue weighted by Gasteiger charge is -2.18. The predicted molar refractivity (Wildman–Crippen MR) is 95.1 cm³/mol. The smallest absolute Gasteiger partial charge is 0.244 e. The van der Waals surface area contributed by atoms with Gasteiger partial charge in [0.05, 0.1) is 5.02 Å². The van der Waals surface area contributed by atoms with E-state index in [2.05, 4.69) is 0 Å². The van der Waals surface area contributed by atoms with Gasteiger partial charge in [0.1, 0.15) is 4.90 Å². The van der Waals surface area contributed by atoms with Crippen molar-refractivity contribution in [1.29, 1.82) is 0 Å². The van der Waals surface area contributed by atoms with E-state index in [1.807, 2.05) is 18.2 Å². The first-order valence-corrected chi connectivity index (χ1v) is 9.99. The zero-order valence-electron chi connectivity index (χ0n) is 13.1. The van der Waals surface area contributed by atoms with Gasteiger partial charge in [-0.05, 0) is 48.2 Å². The summed E-state index contributed by atoms with van der Waals surface area (Å²) >= 11 is 12.0. The zero-order valence-corrected chi connectivity index (χ0v) is 15.4. The lowest BCUT2D eigenvalue weighted by atomic mass is 9.98. The standard InChI is InChI=1S/C17H15Cl2NO4S/c18-13-2-3-14(19)17(8-13)25(21,22)20-6-5-12(9-20)11-1-4-15-16(7-11)24-10-23-15/h1-4,7-8,12H,5-6,9-10H2/t12-/m1/s1. The van der Waals surface area contributed by atoms with Crippen molar-refractivity contribution in [3.8, 4) is 11.5 Å². The maximum Gasteiger partial charge on any atom is 0.244 e. The Bertz CT molecular complexity index is 932. The van der Waals surface area contributed by atoms with Gasteiger partial charge in [-0.1, -0.05) is 29.3 Å². The first kappa shape index (κ1) is 17.0. The van der Waals surface area contributed by atoms with E-state index in [1.165, 1.54) is 16.4 Å². The molecule has 0 amide bonds. The van der Waals surface area contributed by atoms with E-state index in [0.29, 0.717) is 23.9 Å². The van der Waals surface area contributed by atoms with Crippen molar-refractivity contribution in [3.63, 3.8) is 0 Å². The molecule has 1 fully saturated rings. The van der Waals surface area contributed by atoms with Gasteiger partial charge in [0.2, 0.25) is 16.8 Å². The van der Waals surface area contributed by atoms with Gasteiger partial charge in [-0.15, -0.1) is 0 Å². The van der Waals surface area contributed by atoms with Crippen molar-refractivity contribution in [3.05, 3.63) is 52.0 Å². The third-order valence-electron chi connectivity index (χ3n) is 4.53. The maximum absolute atomic E-state index is 12.9. The first-order valence-electron chi connectivity index (χ1n) is 7.80. The van der Waals surface area contributed by atoms with Gasteiger partial charge in [0, 0.05) is 18.1 Å². The fourth-order valence-electron chi connectivity index (χ4n) is 3.20. The highest BCUT2D eigenvalue weighted by Crippen LogP contribution is 2.38. The molecule has 0 N–H and O–H groups in total. The van der Waals surface area contributed by atoms with Gasteiger partial charge < -0.3 is 9.47 Å². The Morgan fingerprint density at radius 3 is 2.68 bits per heavy atom. The first-order chi connectivity index (χ1) is 11.9. The SMILES string of the molecule is O=S(=O)(c1cc(Cl)ccc1Cl)N1CC[C@@H](c2ccc3c(c2)OCO3)C1. The Kier molecular flexibility index (Phi) is 4.32. The summed E-state index contributed by atoms with van der Waals surface area (Å²) in [4.78, 5) is 0.0491. The minimum atomic E-state index is -3.68. The van der Waals surface area contributed by atoms with Crippen LogP contribution in [0.4, 0.5) is 0 Å². The summed E-state index contributed by atoms with van der Waals surface area (Å²) in [5.74, 6) is 1.52. The molecule has 0 aliphatic carbocycles. The molecular formula is C17H15Cl2NO4S. The monoisotopic (exact) mass is 399 g/mol. The molecule has 2 aliphatic rings. The number of halogens is 2. The van der Waals surface area contributed by atoms with Crippen LogP contribution in [0.3, 0.4) is 0 Å². The number of benzene rings is 2. The fourth-order valence-corrected chi connectivity index (χ4v) is 5.44. The lowest BCUT2D eigenvalue weighted by Crippen LogP contribution is -2.29. The Hall–Kier alpha value is -1.47. The van der Waals surface area contributed by atoms with Gasteiger partial charge in [0.25, 0.3) is 0 Å². The van der Waals surface area contributed by atoms with E-state index in [4.69, 9.17) is 32.7 Å². The molecule has 0 radical (unpaired) electrons. The molecule has 8 heteroatoms. The number of hydrogen-bond donors (Lipinski definition) is 0. The summed E-state index contributed by atoms with van der Waals surface area (Å²) in [5, 5.41) is 0.519. The second kappa shape index (κ2) is 6.36. The van der Waals surface area contributed by atoms with Crippen LogP contribution in [0.5, 0.6) is 11.5 Å². The van der Waals surface area contributed by atoms with Crippen molar-refractivity contribution in [1.82, 2.24) is 4.31 Å². The highest BCUT2D eigenvalue weighted by Gasteiger charge is 2.35. The van der Waals surface area contributed by atoms with Crippen molar-refractivity contribution in [2.45, 2.75) is 17.2 Å². The summed E-state index contributed by atoms with van der Waals surface area (Å²) in [6.45, 7) is 1.05. The third-order valence-corrected chi connectivity index (χ3v) is 7.11. The van der Waals surface area contributed by atoms with Crippen molar-refractivity contribution in [2.75, 3.05) is 19.9 Å². The summed E-state index contributed by atoms with van der Waals surface area (Å²) in [6, 6.07) is 10.2. The molecule has 0 spiro atoms. The molecule has 1 saturated heterocycles. The second-order valence-electron chi connectivity index (χ2n) is 6.04. The molecular weight excluding hydrogens is 385 g/mol. The molecule has 0 saturated carbocycles. The molecule has 0 bridgehead atoms. The Morgan fingerprint density at radius 1 is 1.04 bits per heavy atom. The number of sulfonamides is 1. The van der Waals surface area contributed by atoms with E-state index < -0.39 is 10.0 Å². The Balaban J connectivity index is 1.58. The number of fused-ring (bicyclic) bond motifs is 1. The van der Waals surface area contributed by atoms with Crippen LogP contribution in [0.2, 0.25) is 10.0 Å². The summed E-state index contributed by atoms with van der Waals surface area (Å²) in [6.07, 6.45) is 0.733. The van der Waals surface area contributed by atoms with Crippen LogP contribution < -0.4 is 9.47 Å². The van der Waals surface area contributed by atoms with Gasteiger partial charge in [-0.3, -0.25) is 0 Å². The van der Waals surface area contributed by atoms with Crippen molar-refractivity contribution in [2.24, 2.45) is 0 Å². The topological polar surface area (TPSA) is 55.8 Å². The molecule has 0 aromatic heterocycles. The van der Waals surface area contributed by atoms with Gasteiger partial charge in [0.15, 0.2) is 11.5 Å². The summed E-state index contributed by atoms with van der Waals surface area (Å²) in [7, 11) is -3.68. The zero-order chi connectivity index (χ0) is 17.6. The number of ether oxygens (including phenoxy) is 2. The molecule has 2 aromatic carbocycles. The highest BCUT2D eigenvalue weighted by molar-refractivity contribution is 7.89. The van der Waals surface area contributed by atoms with Gasteiger partial charge in [-0.25, -0.2) is 8.42 Å². The van der Waals surface area contributed by atoms with Crippen LogP contribution in [-0.4, -0.2) is 32.6 Å². The Morgan fingerprint density at radius 2 is 1.84 bits per heavy atom. The quantitative estimate of drug-likeness (QED) is 0.784. The van der Waals surface area contributed by atoms with E-state index in [0.717, 1.165) is 17.7 Å². The summed E-state index contributed by atoms with van der Waals surface area (Å²) < 4.78 is 38.0. The highest BCUT2D eigenvalue weighted by atomic mass is 35.5. The summed E-state index contributed by atoms with van der Waals surface area (Å²) in [5.41, 5.74) is 1.04. The van der Waals surface area contributed by atoms with Crippen molar-refractivity contribution >= 4 is 33.2 Å². The van der Waals surface area contributed by atoms with E-state index in [9.17, 15) is 8.42 Å². The predicted octanol–water partition coefficient (Wildman–Crippen LogP) is 3.90. The van der Waals surface area contributed by atoms with Crippen LogP contribution >= 0.6 is 23.2 Å². The molecule has 5 nitrogen and oxygen atoms in total. The van der Waals surface area contributed by atoms with Crippen LogP contribution in [0.25, 0.3) is 0 Å². The largest absolute Gasteiger partial charge is 0.454 e. The minimum Gasteiger partial charge on any atom is -0.454 e. The maximum atomic E-state index is 12.9. The van der Waals surface area contributed by atoms with E-state index in [1.54, 1.807) is 6.07 Å². The molecule has 132 valence electrons.